The zero-order valence-electron chi connectivity index (χ0n) is 22.1. The van der Waals surface area contributed by atoms with E-state index in [1.165, 1.54) is 16.7 Å². The molecule has 1 saturated heterocycles. The van der Waals surface area contributed by atoms with E-state index in [2.05, 4.69) is 5.32 Å². The normalized spacial score (nSPS) is 18.1. The number of nitrogens with one attached hydrogen (secondary N) is 1. The number of thioether (sulfide) groups is 1. The van der Waals surface area contributed by atoms with Gasteiger partial charge in [-0.15, -0.1) is 11.8 Å². The maximum Gasteiger partial charge on any atom is 0.356 e. The van der Waals surface area contributed by atoms with Crippen LogP contribution >= 0.6 is 11.8 Å². The van der Waals surface area contributed by atoms with E-state index in [1.54, 1.807) is 12.3 Å². The molecule has 7 nitrogen and oxygen atoms in total. The second-order valence-corrected chi connectivity index (χ2v) is 11.0. The molecule has 2 aliphatic heterocycles. The van der Waals surface area contributed by atoms with Crippen molar-refractivity contribution in [1.29, 1.82) is 0 Å². The molecule has 1 N–H and O–H groups in total. The first-order chi connectivity index (χ1) is 20.1. The molecule has 206 valence electrons. The molecule has 41 heavy (non-hydrogen) atoms. The van der Waals surface area contributed by atoms with Gasteiger partial charge in [-0.25, -0.2) is 4.79 Å². The standard InChI is InChI=1S/C33H28N2O5S/c36-27(19-22-11-4-1-5-12-22)34-28-31(37)35-29(25(21-41-32(28)35)20-26-17-10-18-39-26)33(38)40-30(23-13-6-2-7-14-23)24-15-8-3-9-16-24/h1-18,28,30,32H,19-21H2,(H,34,36)/t28-,32-/m1/s1. The molecule has 4 aromatic rings. The number of rotatable bonds is 9. The maximum absolute atomic E-state index is 14.0. The van der Waals surface area contributed by atoms with E-state index in [4.69, 9.17) is 9.15 Å². The second kappa shape index (κ2) is 11.9. The molecule has 1 fully saturated rings. The average molecular weight is 565 g/mol. The van der Waals surface area contributed by atoms with Crippen LogP contribution in [0.1, 0.15) is 28.6 Å². The van der Waals surface area contributed by atoms with E-state index in [0.717, 1.165) is 22.3 Å². The third-order valence-electron chi connectivity index (χ3n) is 7.16. The van der Waals surface area contributed by atoms with Gasteiger partial charge in [-0.05, 0) is 34.4 Å². The summed E-state index contributed by atoms with van der Waals surface area (Å²) in [6.45, 7) is 0. The maximum atomic E-state index is 14.0. The van der Waals surface area contributed by atoms with Crippen LogP contribution in [0.4, 0.5) is 0 Å². The topological polar surface area (TPSA) is 88.9 Å². The fourth-order valence-corrected chi connectivity index (χ4v) is 6.53. The Kier molecular flexibility index (Phi) is 7.73. The molecule has 0 aliphatic carbocycles. The van der Waals surface area contributed by atoms with E-state index in [9.17, 15) is 14.4 Å². The van der Waals surface area contributed by atoms with E-state index in [-0.39, 0.29) is 23.9 Å². The number of furan rings is 1. The first-order valence-electron chi connectivity index (χ1n) is 13.4. The molecule has 0 saturated carbocycles. The summed E-state index contributed by atoms with van der Waals surface area (Å²) < 4.78 is 11.8. The minimum absolute atomic E-state index is 0.173. The Morgan fingerprint density at radius 1 is 0.902 bits per heavy atom. The number of nitrogens with zero attached hydrogens (tertiary/aromatic N) is 1. The molecule has 3 heterocycles. The summed E-state index contributed by atoms with van der Waals surface area (Å²) in [6.07, 6.45) is 1.47. The van der Waals surface area contributed by atoms with Gasteiger partial charge < -0.3 is 14.5 Å². The van der Waals surface area contributed by atoms with E-state index in [1.807, 2.05) is 97.1 Å². The Labute approximate surface area is 242 Å². The van der Waals surface area contributed by atoms with Crippen molar-refractivity contribution in [2.75, 3.05) is 5.75 Å². The molecule has 8 heteroatoms. The minimum Gasteiger partial charge on any atom is -0.469 e. The highest BCUT2D eigenvalue weighted by Crippen LogP contribution is 2.42. The number of β-lactam (4-membered cyclic amide) rings is 1. The Morgan fingerprint density at radius 3 is 2.15 bits per heavy atom. The quantitative estimate of drug-likeness (QED) is 0.226. The van der Waals surface area contributed by atoms with Crippen molar-refractivity contribution < 1.29 is 23.5 Å². The number of hydrogen-bond acceptors (Lipinski definition) is 6. The molecular formula is C33H28N2O5S. The van der Waals surface area contributed by atoms with Gasteiger partial charge in [0.1, 0.15) is 22.9 Å². The SMILES string of the molecule is O=C(Cc1ccccc1)N[C@@H]1C(=O)N2C(C(=O)OC(c3ccccc3)c3ccccc3)=C(Cc3ccco3)CS[C@H]12. The van der Waals surface area contributed by atoms with E-state index in [0.29, 0.717) is 17.9 Å². The van der Waals surface area contributed by atoms with Gasteiger partial charge in [-0.2, -0.15) is 0 Å². The van der Waals surface area contributed by atoms with E-state index < -0.39 is 23.5 Å². The van der Waals surface area contributed by atoms with Gasteiger partial charge in [0.15, 0.2) is 6.10 Å². The number of ether oxygens (including phenoxy) is 1. The van der Waals surface area contributed by atoms with Gasteiger partial charge in [-0.1, -0.05) is 91.0 Å². The number of fused-ring (bicyclic) bond motifs is 1. The average Bonchev–Trinajstić information content (AvgIpc) is 3.53. The summed E-state index contributed by atoms with van der Waals surface area (Å²) in [5.41, 5.74) is 3.47. The van der Waals surface area contributed by atoms with Crippen LogP contribution in [0.15, 0.2) is 125 Å². The largest absolute Gasteiger partial charge is 0.469 e. The van der Waals surface area contributed by atoms with Crippen molar-refractivity contribution in [2.24, 2.45) is 0 Å². The number of amides is 2. The lowest BCUT2D eigenvalue weighted by molar-refractivity contribution is -0.154. The van der Waals surface area contributed by atoms with Crippen LogP contribution < -0.4 is 5.32 Å². The molecule has 1 aromatic heterocycles. The van der Waals surface area contributed by atoms with Gasteiger partial charge in [0, 0.05) is 12.2 Å². The molecule has 2 atom stereocenters. The minimum atomic E-state index is -0.719. The molecule has 0 radical (unpaired) electrons. The predicted octanol–water partition coefficient (Wildman–Crippen LogP) is 5.05. The zero-order valence-corrected chi connectivity index (χ0v) is 23.0. The van der Waals surface area contributed by atoms with E-state index >= 15 is 0 Å². The van der Waals surface area contributed by atoms with Crippen LogP contribution in [-0.2, 0) is 32.0 Å². The summed E-state index contributed by atoms with van der Waals surface area (Å²) in [5, 5.41) is 2.48. The van der Waals surface area contributed by atoms with Crippen LogP contribution in [0.3, 0.4) is 0 Å². The molecule has 0 bridgehead atoms. The summed E-state index contributed by atoms with van der Waals surface area (Å²) in [5.74, 6) is 0.0251. The first-order valence-corrected chi connectivity index (χ1v) is 14.5. The number of carbonyl (C=O) groups is 3. The summed E-state index contributed by atoms with van der Waals surface area (Å²) >= 11 is 1.52. The highest BCUT2D eigenvalue weighted by molar-refractivity contribution is 8.00. The van der Waals surface area contributed by atoms with Gasteiger partial charge in [0.25, 0.3) is 5.91 Å². The van der Waals surface area contributed by atoms with Crippen molar-refractivity contribution >= 4 is 29.5 Å². The third-order valence-corrected chi connectivity index (χ3v) is 8.50. The van der Waals surface area contributed by atoms with Crippen molar-refractivity contribution in [1.82, 2.24) is 10.2 Å². The molecule has 2 aliphatic rings. The van der Waals surface area contributed by atoms with Crippen LogP contribution in [0.2, 0.25) is 0 Å². The Morgan fingerprint density at radius 2 is 1.54 bits per heavy atom. The number of esters is 1. The highest BCUT2D eigenvalue weighted by atomic mass is 32.2. The van der Waals surface area contributed by atoms with Gasteiger partial charge in [-0.3, -0.25) is 14.5 Å². The molecule has 3 aromatic carbocycles. The zero-order chi connectivity index (χ0) is 28.2. The van der Waals surface area contributed by atoms with Gasteiger partial charge >= 0.3 is 5.97 Å². The Bertz CT molecular complexity index is 1520. The summed E-state index contributed by atoms with van der Waals surface area (Å²) in [6, 6.07) is 31.4. The molecule has 0 unspecified atom stereocenters. The molecule has 2 amide bonds. The third kappa shape index (κ3) is 5.69. The number of hydrogen-bond donors (Lipinski definition) is 1. The van der Waals surface area contributed by atoms with Crippen molar-refractivity contribution in [2.45, 2.75) is 30.4 Å². The van der Waals surface area contributed by atoms with Crippen LogP contribution in [0.25, 0.3) is 0 Å². The molecule has 0 spiro atoms. The lowest BCUT2D eigenvalue weighted by Gasteiger charge is -2.49. The lowest BCUT2D eigenvalue weighted by atomic mass is 9.99. The molecular weight excluding hydrogens is 536 g/mol. The second-order valence-electron chi connectivity index (χ2n) is 9.93. The lowest BCUT2D eigenvalue weighted by Crippen LogP contribution is -2.70. The molecule has 6 rings (SSSR count). The summed E-state index contributed by atoms with van der Waals surface area (Å²) in [4.78, 5) is 41.8. The van der Waals surface area contributed by atoms with Gasteiger partial charge in [0.2, 0.25) is 5.91 Å². The smallest absolute Gasteiger partial charge is 0.356 e. The van der Waals surface area contributed by atoms with Crippen molar-refractivity contribution in [3.05, 3.63) is 143 Å². The fourth-order valence-electron chi connectivity index (χ4n) is 5.18. The number of carbonyl (C=O) groups excluding carboxylic acids is 3. The van der Waals surface area contributed by atoms with Crippen LogP contribution in [0, 0.1) is 0 Å². The van der Waals surface area contributed by atoms with Crippen molar-refractivity contribution in [3.8, 4) is 0 Å². The predicted molar refractivity (Wildman–Crippen MR) is 155 cm³/mol. The van der Waals surface area contributed by atoms with Crippen molar-refractivity contribution in [3.63, 3.8) is 0 Å². The van der Waals surface area contributed by atoms with Gasteiger partial charge in [0.05, 0.1) is 12.7 Å². The Balaban J connectivity index is 1.27. The number of benzene rings is 3. The monoisotopic (exact) mass is 564 g/mol. The highest BCUT2D eigenvalue weighted by Gasteiger charge is 2.54. The van der Waals surface area contributed by atoms with Crippen LogP contribution in [0.5, 0.6) is 0 Å². The van der Waals surface area contributed by atoms with Crippen LogP contribution in [-0.4, -0.2) is 39.9 Å². The summed E-state index contributed by atoms with van der Waals surface area (Å²) in [7, 11) is 0. The Hall–Kier alpha value is -4.56. The fraction of sp³-hybridized carbons (Fsp3) is 0.182. The first kappa shape index (κ1) is 26.7.